The van der Waals surface area contributed by atoms with E-state index in [4.69, 9.17) is 14.1 Å². The topological polar surface area (TPSA) is 97.8 Å². The molecular formula is C20H30N6O3. The third kappa shape index (κ3) is 5.82. The Morgan fingerprint density at radius 2 is 2.21 bits per heavy atom. The van der Waals surface area contributed by atoms with Gasteiger partial charge in [0.1, 0.15) is 24.5 Å². The van der Waals surface area contributed by atoms with Crippen molar-refractivity contribution in [3.05, 3.63) is 36.3 Å². The normalized spacial score (nSPS) is 15.5. The Hall–Kier alpha value is -2.84. The first-order valence-corrected chi connectivity index (χ1v) is 10.3. The first-order valence-electron chi connectivity index (χ1n) is 10.3. The number of furan rings is 1. The van der Waals surface area contributed by atoms with E-state index < -0.39 is 0 Å². The Morgan fingerprint density at radius 3 is 2.90 bits per heavy atom. The number of carbonyl (C=O) groups is 1. The number of nitrogens with zero attached hydrogens (tertiary/aromatic N) is 5. The average molecular weight is 402 g/mol. The predicted octanol–water partition coefficient (Wildman–Crippen LogP) is 1.85. The van der Waals surface area contributed by atoms with E-state index in [0.29, 0.717) is 19.7 Å². The Bertz CT molecular complexity index is 778. The van der Waals surface area contributed by atoms with Crippen molar-refractivity contribution in [2.24, 2.45) is 10.9 Å². The minimum Gasteiger partial charge on any atom is -0.467 e. The second-order valence-corrected chi connectivity index (χ2v) is 6.95. The quantitative estimate of drug-likeness (QED) is 0.409. The molecule has 29 heavy (non-hydrogen) atoms. The van der Waals surface area contributed by atoms with Crippen LogP contribution in [0.25, 0.3) is 0 Å². The summed E-state index contributed by atoms with van der Waals surface area (Å²) in [5.41, 5.74) is 0. The SMILES string of the molecule is CCOC(=O)C1CCN(C(=NCc2ccco2)NCCn2cnnc2CC)CC1. The molecule has 2 aromatic heterocycles. The summed E-state index contributed by atoms with van der Waals surface area (Å²) in [6, 6.07) is 3.78. The van der Waals surface area contributed by atoms with E-state index in [0.717, 1.165) is 56.4 Å². The van der Waals surface area contributed by atoms with Crippen molar-refractivity contribution in [3.63, 3.8) is 0 Å². The number of esters is 1. The number of aromatic nitrogens is 3. The summed E-state index contributed by atoms with van der Waals surface area (Å²) in [6.45, 7) is 7.81. The zero-order chi connectivity index (χ0) is 20.5. The number of piperidine rings is 1. The Morgan fingerprint density at radius 1 is 1.38 bits per heavy atom. The summed E-state index contributed by atoms with van der Waals surface area (Å²) in [7, 11) is 0. The molecule has 1 aliphatic heterocycles. The summed E-state index contributed by atoms with van der Waals surface area (Å²) in [5.74, 6) is 2.50. The Balaban J connectivity index is 1.59. The van der Waals surface area contributed by atoms with Crippen LogP contribution in [0.5, 0.6) is 0 Å². The first-order chi connectivity index (χ1) is 14.2. The molecule has 158 valence electrons. The molecule has 1 N–H and O–H groups in total. The molecule has 0 aliphatic carbocycles. The van der Waals surface area contributed by atoms with Crippen molar-refractivity contribution >= 4 is 11.9 Å². The Labute approximate surface area is 171 Å². The van der Waals surface area contributed by atoms with Gasteiger partial charge in [0.15, 0.2) is 5.96 Å². The summed E-state index contributed by atoms with van der Waals surface area (Å²) in [4.78, 5) is 18.9. The van der Waals surface area contributed by atoms with Crippen LogP contribution in [-0.2, 0) is 29.0 Å². The molecule has 3 rings (SSSR count). The number of guanidine groups is 1. The fourth-order valence-electron chi connectivity index (χ4n) is 3.44. The predicted molar refractivity (Wildman–Crippen MR) is 108 cm³/mol. The van der Waals surface area contributed by atoms with Gasteiger partial charge in [-0.15, -0.1) is 10.2 Å². The van der Waals surface area contributed by atoms with E-state index in [1.807, 2.05) is 23.6 Å². The molecule has 0 aromatic carbocycles. The van der Waals surface area contributed by atoms with E-state index in [1.165, 1.54) is 0 Å². The molecule has 0 spiro atoms. The van der Waals surface area contributed by atoms with E-state index in [9.17, 15) is 4.79 Å². The second-order valence-electron chi connectivity index (χ2n) is 6.95. The van der Waals surface area contributed by atoms with Gasteiger partial charge < -0.3 is 23.9 Å². The van der Waals surface area contributed by atoms with E-state index in [1.54, 1.807) is 12.6 Å². The van der Waals surface area contributed by atoms with Crippen LogP contribution in [0, 0.1) is 5.92 Å². The smallest absolute Gasteiger partial charge is 0.309 e. The molecule has 9 heteroatoms. The summed E-state index contributed by atoms with van der Waals surface area (Å²) >= 11 is 0. The van der Waals surface area contributed by atoms with Gasteiger partial charge in [0.25, 0.3) is 0 Å². The van der Waals surface area contributed by atoms with Crippen LogP contribution in [0.2, 0.25) is 0 Å². The van der Waals surface area contributed by atoms with Gasteiger partial charge in [-0.1, -0.05) is 6.92 Å². The fraction of sp³-hybridized carbons (Fsp3) is 0.600. The second kappa shape index (κ2) is 10.6. The van der Waals surface area contributed by atoms with Gasteiger partial charge in [-0.2, -0.15) is 0 Å². The summed E-state index contributed by atoms with van der Waals surface area (Å²) in [5, 5.41) is 11.6. The molecule has 0 bridgehead atoms. The fourth-order valence-corrected chi connectivity index (χ4v) is 3.44. The Kier molecular flexibility index (Phi) is 7.66. The summed E-state index contributed by atoms with van der Waals surface area (Å²) < 4.78 is 12.6. The van der Waals surface area contributed by atoms with Crippen molar-refractivity contribution in [3.8, 4) is 0 Å². The van der Waals surface area contributed by atoms with Crippen LogP contribution in [0.1, 0.15) is 38.3 Å². The number of hydrogen-bond acceptors (Lipinski definition) is 6. The maximum absolute atomic E-state index is 12.0. The molecule has 3 heterocycles. The zero-order valence-corrected chi connectivity index (χ0v) is 17.2. The molecule has 0 atom stereocenters. The van der Waals surface area contributed by atoms with Gasteiger partial charge in [-0.05, 0) is 31.9 Å². The third-order valence-corrected chi connectivity index (χ3v) is 5.03. The first kappa shape index (κ1) is 20.9. The van der Waals surface area contributed by atoms with Crippen molar-refractivity contribution in [2.45, 2.75) is 46.2 Å². The molecule has 1 fully saturated rings. The average Bonchev–Trinajstić information content (AvgIpc) is 3.42. The number of aryl methyl sites for hydroxylation is 1. The van der Waals surface area contributed by atoms with Crippen molar-refractivity contribution < 1.29 is 13.9 Å². The molecule has 1 aliphatic rings. The number of likely N-dealkylation sites (tertiary alicyclic amines) is 1. The van der Waals surface area contributed by atoms with Crippen molar-refractivity contribution in [2.75, 3.05) is 26.2 Å². The molecule has 0 saturated carbocycles. The molecule has 0 unspecified atom stereocenters. The highest BCUT2D eigenvalue weighted by atomic mass is 16.5. The van der Waals surface area contributed by atoms with Gasteiger partial charge in [-0.25, -0.2) is 4.99 Å². The van der Waals surface area contributed by atoms with Crippen molar-refractivity contribution in [1.82, 2.24) is 25.0 Å². The highest BCUT2D eigenvalue weighted by Gasteiger charge is 2.27. The van der Waals surface area contributed by atoms with Crippen molar-refractivity contribution in [1.29, 1.82) is 0 Å². The largest absolute Gasteiger partial charge is 0.467 e. The lowest BCUT2D eigenvalue weighted by Gasteiger charge is -2.33. The molecule has 2 aromatic rings. The van der Waals surface area contributed by atoms with Crippen LogP contribution in [0.4, 0.5) is 0 Å². The lowest BCUT2D eigenvalue weighted by atomic mass is 9.97. The minimum atomic E-state index is -0.0890. The highest BCUT2D eigenvalue weighted by Crippen LogP contribution is 2.19. The van der Waals surface area contributed by atoms with Gasteiger partial charge in [0, 0.05) is 32.6 Å². The van der Waals surface area contributed by atoms with Gasteiger partial charge in [0.2, 0.25) is 0 Å². The lowest BCUT2D eigenvalue weighted by molar-refractivity contribution is -0.149. The molecule has 0 amide bonds. The summed E-state index contributed by atoms with van der Waals surface area (Å²) in [6.07, 6.45) is 5.80. The van der Waals surface area contributed by atoms with Crippen LogP contribution < -0.4 is 5.32 Å². The van der Waals surface area contributed by atoms with Crippen LogP contribution in [0.15, 0.2) is 34.1 Å². The molecule has 1 saturated heterocycles. The van der Waals surface area contributed by atoms with E-state index in [2.05, 4.69) is 27.3 Å². The number of aliphatic imine (C=N–C) groups is 1. The highest BCUT2D eigenvalue weighted by molar-refractivity contribution is 5.80. The van der Waals surface area contributed by atoms with Crippen LogP contribution >= 0.6 is 0 Å². The third-order valence-electron chi connectivity index (χ3n) is 5.03. The number of hydrogen-bond donors (Lipinski definition) is 1. The zero-order valence-electron chi connectivity index (χ0n) is 17.2. The lowest BCUT2D eigenvalue weighted by Crippen LogP contribution is -2.47. The number of rotatable bonds is 8. The number of carbonyl (C=O) groups excluding carboxylic acids is 1. The number of nitrogens with one attached hydrogen (secondary N) is 1. The number of ether oxygens (including phenoxy) is 1. The van der Waals surface area contributed by atoms with E-state index in [-0.39, 0.29) is 11.9 Å². The monoisotopic (exact) mass is 402 g/mol. The van der Waals surface area contributed by atoms with Gasteiger partial charge >= 0.3 is 5.97 Å². The molecule has 0 radical (unpaired) electrons. The van der Waals surface area contributed by atoms with Crippen LogP contribution in [-0.4, -0.2) is 57.8 Å². The van der Waals surface area contributed by atoms with Gasteiger partial charge in [0.05, 0.1) is 18.8 Å². The maximum atomic E-state index is 12.0. The standard InChI is InChI=1S/C20H30N6O3/c1-3-18-24-23-15-26(18)12-9-21-20(22-14-17-6-5-13-29-17)25-10-7-16(8-11-25)19(27)28-4-2/h5-6,13,15-16H,3-4,7-12,14H2,1-2H3,(H,21,22). The van der Waals surface area contributed by atoms with Gasteiger partial charge in [-0.3, -0.25) is 4.79 Å². The van der Waals surface area contributed by atoms with Crippen LogP contribution in [0.3, 0.4) is 0 Å². The van der Waals surface area contributed by atoms with E-state index >= 15 is 0 Å². The maximum Gasteiger partial charge on any atom is 0.309 e. The molecular weight excluding hydrogens is 372 g/mol. The molecule has 9 nitrogen and oxygen atoms in total. The minimum absolute atomic E-state index is 0.0262.